The number of fused-ring (bicyclic) bond motifs is 1. The molecule has 2 heterocycles. The van der Waals surface area contributed by atoms with Gasteiger partial charge in [0, 0.05) is 30.1 Å². The summed E-state index contributed by atoms with van der Waals surface area (Å²) in [6, 6.07) is 5.67. The van der Waals surface area contributed by atoms with Crippen molar-refractivity contribution in [1.29, 1.82) is 0 Å². The lowest BCUT2D eigenvalue weighted by molar-refractivity contribution is 0.442. The van der Waals surface area contributed by atoms with Gasteiger partial charge in [0.05, 0.1) is 0 Å². The van der Waals surface area contributed by atoms with E-state index in [1.807, 2.05) is 13.8 Å². The quantitative estimate of drug-likeness (QED) is 0.728. The number of ether oxygens (including phenoxy) is 1. The molecule has 0 saturated carbocycles. The maximum atomic E-state index is 13.9. The Kier molecular flexibility index (Phi) is 3.32. The summed E-state index contributed by atoms with van der Waals surface area (Å²) in [7, 11) is 0. The van der Waals surface area contributed by atoms with Crippen molar-refractivity contribution in [2.45, 2.75) is 19.9 Å². The van der Waals surface area contributed by atoms with E-state index >= 15 is 0 Å². The number of halogens is 1. The first kappa shape index (κ1) is 14.1. The van der Waals surface area contributed by atoms with Crippen molar-refractivity contribution in [1.82, 2.24) is 14.5 Å². The summed E-state index contributed by atoms with van der Waals surface area (Å²) < 4.78 is 21.1. The molecule has 0 amide bonds. The number of benzene rings is 1. The molecular weight excluding hydrogens is 287 g/mol. The summed E-state index contributed by atoms with van der Waals surface area (Å²) in [5, 5.41) is 0. The first-order chi connectivity index (χ1) is 10.5. The number of aromatic amines is 1. The van der Waals surface area contributed by atoms with Crippen LogP contribution < -0.4 is 16.2 Å². The SMILES string of the molecule is CC(C)n1c(=O)[nH]c2nccc(Oc3ccc(N)cc3F)c21. The molecule has 0 atom stereocenters. The Morgan fingerprint density at radius 2 is 2.09 bits per heavy atom. The van der Waals surface area contributed by atoms with Crippen molar-refractivity contribution in [3.8, 4) is 11.5 Å². The van der Waals surface area contributed by atoms with Gasteiger partial charge in [0.2, 0.25) is 0 Å². The highest BCUT2D eigenvalue weighted by molar-refractivity contribution is 5.78. The highest BCUT2D eigenvalue weighted by Crippen LogP contribution is 2.31. The molecule has 3 rings (SSSR count). The van der Waals surface area contributed by atoms with Gasteiger partial charge in [0.15, 0.2) is 23.0 Å². The van der Waals surface area contributed by atoms with Crippen LogP contribution >= 0.6 is 0 Å². The molecule has 0 aliphatic heterocycles. The first-order valence-corrected chi connectivity index (χ1v) is 6.79. The molecule has 3 N–H and O–H groups in total. The zero-order valence-electron chi connectivity index (χ0n) is 12.1. The van der Waals surface area contributed by atoms with E-state index in [1.54, 1.807) is 12.1 Å². The fourth-order valence-electron chi connectivity index (χ4n) is 2.32. The number of anilines is 1. The van der Waals surface area contributed by atoms with Gasteiger partial charge in [-0.15, -0.1) is 0 Å². The van der Waals surface area contributed by atoms with E-state index in [-0.39, 0.29) is 17.5 Å². The van der Waals surface area contributed by atoms with Crippen molar-refractivity contribution < 1.29 is 9.13 Å². The van der Waals surface area contributed by atoms with Gasteiger partial charge in [0.25, 0.3) is 0 Å². The molecule has 0 aliphatic rings. The van der Waals surface area contributed by atoms with Crippen molar-refractivity contribution in [2.24, 2.45) is 0 Å². The number of nitrogen functional groups attached to an aromatic ring is 1. The summed E-state index contributed by atoms with van der Waals surface area (Å²) in [5.41, 5.74) is 6.44. The van der Waals surface area contributed by atoms with E-state index in [0.717, 1.165) is 0 Å². The Balaban J connectivity index is 2.16. The highest BCUT2D eigenvalue weighted by atomic mass is 19.1. The van der Waals surface area contributed by atoms with Crippen LogP contribution in [0.2, 0.25) is 0 Å². The number of nitrogens with two attached hydrogens (primary N) is 1. The van der Waals surface area contributed by atoms with Crippen LogP contribution in [0.5, 0.6) is 11.5 Å². The lowest BCUT2D eigenvalue weighted by Gasteiger charge is -2.12. The van der Waals surface area contributed by atoms with E-state index in [1.165, 1.54) is 22.9 Å². The van der Waals surface area contributed by atoms with Crippen LogP contribution in [0, 0.1) is 5.82 Å². The number of aromatic nitrogens is 3. The monoisotopic (exact) mass is 302 g/mol. The molecule has 0 bridgehead atoms. The van der Waals surface area contributed by atoms with Gasteiger partial charge in [-0.1, -0.05) is 0 Å². The maximum Gasteiger partial charge on any atom is 0.328 e. The third-order valence-electron chi connectivity index (χ3n) is 3.26. The number of pyridine rings is 1. The summed E-state index contributed by atoms with van der Waals surface area (Å²) in [4.78, 5) is 18.8. The van der Waals surface area contributed by atoms with Crippen LogP contribution in [0.25, 0.3) is 11.2 Å². The number of hydrogen-bond donors (Lipinski definition) is 2. The van der Waals surface area contributed by atoms with Crippen molar-refractivity contribution >= 4 is 16.9 Å². The van der Waals surface area contributed by atoms with Crippen LogP contribution in [0.3, 0.4) is 0 Å². The highest BCUT2D eigenvalue weighted by Gasteiger charge is 2.16. The average Bonchev–Trinajstić information content (AvgIpc) is 2.79. The fraction of sp³-hybridized carbons (Fsp3) is 0.200. The topological polar surface area (TPSA) is 85.9 Å². The number of nitrogens with one attached hydrogen (secondary N) is 1. The lowest BCUT2D eigenvalue weighted by Crippen LogP contribution is -2.18. The molecule has 0 aliphatic carbocycles. The molecule has 3 aromatic rings. The number of imidazole rings is 1. The fourth-order valence-corrected chi connectivity index (χ4v) is 2.32. The summed E-state index contributed by atoms with van der Waals surface area (Å²) in [5.74, 6) is -0.190. The Labute approximate surface area is 125 Å². The van der Waals surface area contributed by atoms with Gasteiger partial charge < -0.3 is 10.5 Å². The zero-order valence-corrected chi connectivity index (χ0v) is 12.1. The predicted octanol–water partition coefficient (Wildman–Crippen LogP) is 2.82. The lowest BCUT2D eigenvalue weighted by atomic mass is 10.3. The molecule has 114 valence electrons. The molecule has 0 spiro atoms. The Morgan fingerprint density at radius 1 is 1.32 bits per heavy atom. The minimum absolute atomic E-state index is 0.0330. The normalized spacial score (nSPS) is 11.3. The maximum absolute atomic E-state index is 13.9. The van der Waals surface area contributed by atoms with Crippen LogP contribution in [-0.4, -0.2) is 14.5 Å². The van der Waals surface area contributed by atoms with Crippen LogP contribution in [0.1, 0.15) is 19.9 Å². The Bertz CT molecular complexity index is 898. The zero-order chi connectivity index (χ0) is 15.9. The van der Waals surface area contributed by atoms with E-state index in [4.69, 9.17) is 10.5 Å². The van der Waals surface area contributed by atoms with Crippen LogP contribution in [-0.2, 0) is 0 Å². The van der Waals surface area contributed by atoms with Gasteiger partial charge in [-0.05, 0) is 26.0 Å². The molecule has 22 heavy (non-hydrogen) atoms. The standard InChI is InChI=1S/C15H15FN4O2/c1-8(2)20-13-12(5-6-18-14(13)19-15(20)21)22-11-4-3-9(17)7-10(11)16/h3-8H,17H2,1-2H3,(H,18,19,21). The third-order valence-corrected chi connectivity index (χ3v) is 3.26. The predicted molar refractivity (Wildman–Crippen MR) is 81.6 cm³/mol. The van der Waals surface area contributed by atoms with Gasteiger partial charge in [0.1, 0.15) is 5.52 Å². The number of nitrogens with zero attached hydrogens (tertiary/aromatic N) is 2. The average molecular weight is 302 g/mol. The molecule has 0 saturated heterocycles. The van der Waals surface area contributed by atoms with Gasteiger partial charge in [-0.2, -0.15) is 0 Å². The molecule has 6 nitrogen and oxygen atoms in total. The van der Waals surface area contributed by atoms with Crippen molar-refractivity contribution in [2.75, 3.05) is 5.73 Å². The van der Waals surface area contributed by atoms with E-state index in [9.17, 15) is 9.18 Å². The van der Waals surface area contributed by atoms with E-state index in [2.05, 4.69) is 9.97 Å². The molecule has 0 radical (unpaired) electrons. The molecule has 7 heteroatoms. The second-order valence-corrected chi connectivity index (χ2v) is 5.19. The van der Waals surface area contributed by atoms with Gasteiger partial charge in [-0.25, -0.2) is 14.2 Å². The van der Waals surface area contributed by atoms with Crippen LogP contribution in [0.15, 0.2) is 35.3 Å². The second-order valence-electron chi connectivity index (χ2n) is 5.19. The van der Waals surface area contributed by atoms with Crippen LogP contribution in [0.4, 0.5) is 10.1 Å². The van der Waals surface area contributed by atoms with Crippen molar-refractivity contribution in [3.05, 3.63) is 46.8 Å². The molecule has 2 aromatic heterocycles. The van der Waals surface area contributed by atoms with Gasteiger partial charge in [-0.3, -0.25) is 9.55 Å². The molecular formula is C15H15FN4O2. The smallest absolute Gasteiger partial charge is 0.328 e. The Hall–Kier alpha value is -2.83. The number of rotatable bonds is 3. The minimum atomic E-state index is -0.570. The number of hydrogen-bond acceptors (Lipinski definition) is 4. The molecule has 1 aromatic carbocycles. The summed E-state index contributed by atoms with van der Waals surface area (Å²) >= 11 is 0. The Morgan fingerprint density at radius 3 is 2.77 bits per heavy atom. The van der Waals surface area contributed by atoms with E-state index in [0.29, 0.717) is 22.6 Å². The largest absolute Gasteiger partial charge is 0.452 e. The third kappa shape index (κ3) is 2.30. The first-order valence-electron chi connectivity index (χ1n) is 6.79. The summed E-state index contributed by atoms with van der Waals surface area (Å²) in [6.45, 7) is 3.74. The van der Waals surface area contributed by atoms with Gasteiger partial charge >= 0.3 is 5.69 Å². The second kappa shape index (κ2) is 5.18. The van der Waals surface area contributed by atoms with Crippen molar-refractivity contribution in [3.63, 3.8) is 0 Å². The minimum Gasteiger partial charge on any atom is -0.452 e. The number of H-pyrrole nitrogens is 1. The van der Waals surface area contributed by atoms with E-state index < -0.39 is 5.82 Å². The molecule has 0 fully saturated rings. The molecule has 0 unspecified atom stereocenters. The summed E-state index contributed by atoms with van der Waals surface area (Å²) in [6.07, 6.45) is 1.49.